The maximum absolute atomic E-state index is 6.06. The third kappa shape index (κ3) is 1.82. The summed E-state index contributed by atoms with van der Waals surface area (Å²) in [6, 6.07) is 6.02. The molecule has 0 radical (unpaired) electrons. The number of thiophene rings is 1. The zero-order valence-corrected chi connectivity index (χ0v) is 11.0. The van der Waals surface area contributed by atoms with E-state index in [2.05, 4.69) is 28.7 Å². The summed E-state index contributed by atoms with van der Waals surface area (Å²) in [6.45, 7) is 0. The summed E-state index contributed by atoms with van der Waals surface area (Å²) in [7, 11) is 0. The maximum Gasteiger partial charge on any atom is 0.0568 e. The van der Waals surface area contributed by atoms with E-state index >= 15 is 0 Å². The SMILES string of the molecule is ClCc1cc2c(Cl)ccc(I)c2s1. The van der Waals surface area contributed by atoms with Crippen molar-refractivity contribution in [3.05, 3.63) is 31.7 Å². The lowest BCUT2D eigenvalue weighted by Gasteiger charge is -1.94. The zero-order chi connectivity index (χ0) is 9.42. The minimum absolute atomic E-state index is 0.561. The van der Waals surface area contributed by atoms with Crippen molar-refractivity contribution < 1.29 is 0 Å². The standard InChI is InChI=1S/C9H5Cl2IS/c10-4-5-3-6-7(11)1-2-8(12)9(6)13-5/h1-3H,4H2. The zero-order valence-electron chi connectivity index (χ0n) is 6.48. The van der Waals surface area contributed by atoms with Gasteiger partial charge >= 0.3 is 0 Å². The first-order valence-corrected chi connectivity index (χ1v) is 6.45. The van der Waals surface area contributed by atoms with Crippen molar-refractivity contribution in [3.63, 3.8) is 0 Å². The molecule has 0 amide bonds. The molecule has 0 saturated carbocycles. The van der Waals surface area contributed by atoms with Crippen LogP contribution in [0, 0.1) is 3.57 Å². The molecular formula is C9H5Cl2IS. The lowest BCUT2D eigenvalue weighted by molar-refractivity contribution is 1.54. The van der Waals surface area contributed by atoms with Crippen molar-refractivity contribution in [3.8, 4) is 0 Å². The molecule has 0 aliphatic rings. The van der Waals surface area contributed by atoms with Gasteiger partial charge in [-0.15, -0.1) is 22.9 Å². The summed E-state index contributed by atoms with van der Waals surface area (Å²) in [6.07, 6.45) is 0. The van der Waals surface area contributed by atoms with E-state index in [1.165, 1.54) is 13.1 Å². The molecule has 2 rings (SSSR count). The van der Waals surface area contributed by atoms with Gasteiger partial charge in [0.2, 0.25) is 0 Å². The highest BCUT2D eigenvalue weighted by Gasteiger charge is 2.07. The second kappa shape index (κ2) is 3.93. The highest BCUT2D eigenvalue weighted by molar-refractivity contribution is 14.1. The molecule has 68 valence electrons. The number of rotatable bonds is 1. The predicted molar refractivity (Wildman–Crippen MR) is 69.1 cm³/mol. The van der Waals surface area contributed by atoms with Crippen LogP contribution in [0.1, 0.15) is 4.88 Å². The Morgan fingerprint density at radius 2 is 2.15 bits per heavy atom. The molecule has 0 atom stereocenters. The largest absolute Gasteiger partial charge is 0.138 e. The van der Waals surface area contributed by atoms with Gasteiger partial charge in [0.25, 0.3) is 0 Å². The number of benzene rings is 1. The first-order chi connectivity index (χ1) is 6.22. The van der Waals surface area contributed by atoms with E-state index in [9.17, 15) is 0 Å². The molecular weight excluding hydrogens is 338 g/mol. The maximum atomic E-state index is 6.06. The number of halogens is 3. The Kier molecular flexibility index (Phi) is 3.03. The van der Waals surface area contributed by atoms with Crippen LogP contribution in [-0.2, 0) is 5.88 Å². The van der Waals surface area contributed by atoms with E-state index in [0.717, 1.165) is 10.4 Å². The normalized spacial score (nSPS) is 11.0. The molecule has 0 unspecified atom stereocenters. The Bertz CT molecular complexity index is 411. The third-order valence-electron chi connectivity index (χ3n) is 1.77. The number of fused-ring (bicyclic) bond motifs is 1. The van der Waals surface area contributed by atoms with Crippen molar-refractivity contribution in [1.29, 1.82) is 0 Å². The Hall–Kier alpha value is 0.490. The van der Waals surface area contributed by atoms with Gasteiger partial charge in [-0.25, -0.2) is 0 Å². The van der Waals surface area contributed by atoms with Crippen molar-refractivity contribution >= 4 is 67.2 Å². The van der Waals surface area contributed by atoms with E-state index in [4.69, 9.17) is 23.2 Å². The fourth-order valence-electron chi connectivity index (χ4n) is 1.17. The van der Waals surface area contributed by atoms with Crippen LogP contribution in [0.2, 0.25) is 5.02 Å². The third-order valence-corrected chi connectivity index (χ3v) is 4.97. The molecule has 0 nitrogen and oxygen atoms in total. The van der Waals surface area contributed by atoms with E-state index in [-0.39, 0.29) is 0 Å². The summed E-state index contributed by atoms with van der Waals surface area (Å²) in [5.41, 5.74) is 0. The van der Waals surface area contributed by atoms with Crippen LogP contribution in [0.3, 0.4) is 0 Å². The van der Waals surface area contributed by atoms with Gasteiger partial charge in [0, 0.05) is 23.6 Å². The monoisotopic (exact) mass is 342 g/mol. The minimum atomic E-state index is 0.561. The summed E-state index contributed by atoms with van der Waals surface area (Å²) in [5, 5.41) is 1.93. The lowest BCUT2D eigenvalue weighted by Crippen LogP contribution is -1.70. The minimum Gasteiger partial charge on any atom is -0.138 e. The molecule has 2 aromatic rings. The van der Waals surface area contributed by atoms with E-state index in [0.29, 0.717) is 5.88 Å². The van der Waals surface area contributed by atoms with Crippen molar-refractivity contribution in [2.45, 2.75) is 5.88 Å². The molecule has 4 heteroatoms. The van der Waals surface area contributed by atoms with Crippen molar-refractivity contribution in [1.82, 2.24) is 0 Å². The molecule has 0 fully saturated rings. The first kappa shape index (κ1) is 10.0. The van der Waals surface area contributed by atoms with E-state index < -0.39 is 0 Å². The molecule has 13 heavy (non-hydrogen) atoms. The van der Waals surface area contributed by atoms with Crippen molar-refractivity contribution in [2.75, 3.05) is 0 Å². The fraction of sp³-hybridized carbons (Fsp3) is 0.111. The van der Waals surface area contributed by atoms with Crippen LogP contribution in [-0.4, -0.2) is 0 Å². The summed E-state index contributed by atoms with van der Waals surface area (Å²) in [5.74, 6) is 0.561. The molecule has 0 spiro atoms. The van der Waals surface area contributed by atoms with Gasteiger partial charge in [-0.3, -0.25) is 0 Å². The molecule has 1 heterocycles. The molecule has 1 aromatic carbocycles. The van der Waals surface area contributed by atoms with Gasteiger partial charge in [0.05, 0.1) is 5.88 Å². The number of hydrogen-bond donors (Lipinski definition) is 0. The predicted octanol–water partition coefficient (Wildman–Crippen LogP) is 4.90. The van der Waals surface area contributed by atoms with Gasteiger partial charge < -0.3 is 0 Å². The van der Waals surface area contributed by atoms with E-state index in [1.807, 2.05) is 12.1 Å². The van der Waals surface area contributed by atoms with Gasteiger partial charge in [-0.2, -0.15) is 0 Å². The highest BCUT2D eigenvalue weighted by Crippen LogP contribution is 2.35. The second-order valence-corrected chi connectivity index (χ2v) is 5.59. The van der Waals surface area contributed by atoms with Crippen LogP contribution in [0.4, 0.5) is 0 Å². The van der Waals surface area contributed by atoms with Crippen LogP contribution in [0.5, 0.6) is 0 Å². The molecule has 0 aliphatic carbocycles. The lowest BCUT2D eigenvalue weighted by atomic mass is 10.2. The van der Waals surface area contributed by atoms with Gasteiger partial charge in [0.1, 0.15) is 0 Å². The summed E-state index contributed by atoms with van der Waals surface area (Å²) >= 11 is 15.9. The average Bonchev–Trinajstić information content (AvgIpc) is 2.56. The van der Waals surface area contributed by atoms with Gasteiger partial charge in [-0.05, 0) is 40.8 Å². The first-order valence-electron chi connectivity index (χ1n) is 3.65. The molecule has 0 saturated heterocycles. The van der Waals surface area contributed by atoms with Crippen LogP contribution < -0.4 is 0 Å². The van der Waals surface area contributed by atoms with E-state index in [1.54, 1.807) is 11.3 Å². The van der Waals surface area contributed by atoms with Crippen molar-refractivity contribution in [2.24, 2.45) is 0 Å². The van der Waals surface area contributed by atoms with Crippen LogP contribution in [0.15, 0.2) is 18.2 Å². The topological polar surface area (TPSA) is 0 Å². The number of hydrogen-bond acceptors (Lipinski definition) is 1. The average molecular weight is 343 g/mol. The number of alkyl halides is 1. The molecule has 1 aromatic heterocycles. The Morgan fingerprint density at radius 3 is 2.77 bits per heavy atom. The Balaban J connectivity index is 2.80. The molecule has 0 aliphatic heterocycles. The van der Waals surface area contributed by atoms with Gasteiger partial charge in [-0.1, -0.05) is 11.6 Å². The molecule has 0 bridgehead atoms. The summed E-state index contributed by atoms with van der Waals surface area (Å²) in [4.78, 5) is 1.17. The van der Waals surface area contributed by atoms with Crippen LogP contribution in [0.25, 0.3) is 10.1 Å². The highest BCUT2D eigenvalue weighted by atomic mass is 127. The Morgan fingerprint density at radius 1 is 1.38 bits per heavy atom. The van der Waals surface area contributed by atoms with Gasteiger partial charge in [0.15, 0.2) is 0 Å². The molecule has 0 N–H and O–H groups in total. The quantitative estimate of drug-likeness (QED) is 0.511. The Labute approximate surface area is 104 Å². The summed E-state index contributed by atoms with van der Waals surface area (Å²) < 4.78 is 2.47. The smallest absolute Gasteiger partial charge is 0.0568 e. The second-order valence-electron chi connectivity index (χ2n) is 2.62. The fourth-order valence-corrected chi connectivity index (χ4v) is 3.42. The van der Waals surface area contributed by atoms with Crippen LogP contribution >= 0.6 is 57.1 Å².